The number of hydrogen-bond donors (Lipinski definition) is 4. The summed E-state index contributed by atoms with van der Waals surface area (Å²) in [5.41, 5.74) is 0. The van der Waals surface area contributed by atoms with Crippen LogP contribution >= 0.6 is 0 Å². The van der Waals surface area contributed by atoms with Gasteiger partial charge in [0.05, 0.1) is 6.54 Å². The molecule has 2 saturated heterocycles. The number of hydrogen-bond acceptors (Lipinski definition) is 4. The van der Waals surface area contributed by atoms with E-state index in [1.807, 2.05) is 0 Å². The largest absolute Gasteiger partial charge is 0.479 e. The van der Waals surface area contributed by atoms with Gasteiger partial charge in [-0.05, 0) is 32.7 Å². The molecule has 2 fully saturated rings. The molecule has 0 saturated carbocycles. The minimum absolute atomic E-state index is 0.128. The van der Waals surface area contributed by atoms with Crippen LogP contribution in [-0.2, 0) is 4.79 Å². The van der Waals surface area contributed by atoms with Crippen molar-refractivity contribution in [3.05, 3.63) is 0 Å². The number of carbonyl (C=O) groups is 2. The lowest BCUT2D eigenvalue weighted by atomic mass is 9.82. The molecule has 0 aromatic rings. The highest BCUT2D eigenvalue weighted by Gasteiger charge is 2.36. The number of nitrogens with zero attached hydrogens (tertiary/aromatic N) is 1. The first kappa shape index (κ1) is 15.1. The van der Waals surface area contributed by atoms with Gasteiger partial charge in [0.2, 0.25) is 0 Å². The van der Waals surface area contributed by atoms with E-state index in [0.717, 1.165) is 12.8 Å². The lowest BCUT2D eigenvalue weighted by molar-refractivity contribution is -0.146. The topological polar surface area (TPSA) is 102 Å². The molecule has 4 N–H and O–H groups in total. The fraction of sp³-hybridized carbons (Fsp3) is 0.846. The van der Waals surface area contributed by atoms with Gasteiger partial charge in [-0.15, -0.1) is 0 Å². The predicted octanol–water partition coefficient (Wildman–Crippen LogP) is -0.254. The number of carboxylic acids is 1. The van der Waals surface area contributed by atoms with Gasteiger partial charge in [0.1, 0.15) is 0 Å². The number of amides is 2. The number of nitrogens with one attached hydrogen (secondary N) is 2. The molecule has 2 heterocycles. The number of carboxylic acid groups (broad SMARTS) is 1. The van der Waals surface area contributed by atoms with Gasteiger partial charge in [-0.3, -0.25) is 0 Å². The van der Waals surface area contributed by atoms with Gasteiger partial charge in [0.15, 0.2) is 6.10 Å². The van der Waals surface area contributed by atoms with Gasteiger partial charge in [-0.1, -0.05) is 6.42 Å². The summed E-state index contributed by atoms with van der Waals surface area (Å²) >= 11 is 0. The van der Waals surface area contributed by atoms with Crippen molar-refractivity contribution in [3.8, 4) is 0 Å². The van der Waals surface area contributed by atoms with Crippen LogP contribution in [0.15, 0.2) is 0 Å². The molecular formula is C13H23N3O4. The quantitative estimate of drug-likeness (QED) is 0.570. The molecule has 2 rings (SSSR count). The number of aliphatic hydroxyl groups excluding tert-OH is 1. The maximum absolute atomic E-state index is 11.7. The third kappa shape index (κ3) is 3.61. The van der Waals surface area contributed by atoms with E-state index in [0.29, 0.717) is 12.1 Å². The molecule has 7 heteroatoms. The maximum Gasteiger partial charge on any atom is 0.334 e. The Morgan fingerprint density at radius 1 is 1.30 bits per heavy atom. The highest BCUT2D eigenvalue weighted by Crippen LogP contribution is 2.32. The second-order valence-electron chi connectivity index (χ2n) is 5.78. The average Bonchev–Trinajstić information content (AvgIpc) is 2.37. The number of aliphatic hydroxyl groups is 1. The van der Waals surface area contributed by atoms with Crippen molar-refractivity contribution in [2.45, 2.75) is 56.3 Å². The first-order valence-corrected chi connectivity index (χ1v) is 7.14. The number of piperidine rings is 2. The summed E-state index contributed by atoms with van der Waals surface area (Å²) in [7, 11) is 2.15. The Hall–Kier alpha value is -1.34. The van der Waals surface area contributed by atoms with Crippen molar-refractivity contribution in [1.29, 1.82) is 0 Å². The van der Waals surface area contributed by atoms with E-state index in [1.54, 1.807) is 0 Å². The lowest BCUT2D eigenvalue weighted by Gasteiger charge is -2.47. The molecule has 0 aliphatic carbocycles. The molecule has 2 aliphatic rings. The summed E-state index contributed by atoms with van der Waals surface area (Å²) in [5.74, 6) is -1.33. The molecule has 20 heavy (non-hydrogen) atoms. The van der Waals surface area contributed by atoms with Crippen molar-refractivity contribution >= 4 is 12.0 Å². The molecule has 2 unspecified atom stereocenters. The summed E-state index contributed by atoms with van der Waals surface area (Å²) in [6.07, 6.45) is 3.90. The van der Waals surface area contributed by atoms with Gasteiger partial charge in [0.25, 0.3) is 0 Å². The Morgan fingerprint density at radius 2 is 1.90 bits per heavy atom. The highest BCUT2D eigenvalue weighted by molar-refractivity contribution is 5.76. The number of carbonyl (C=O) groups excluding carboxylic acids is 1. The first-order chi connectivity index (χ1) is 9.47. The summed E-state index contributed by atoms with van der Waals surface area (Å²) in [4.78, 5) is 24.6. The third-order valence-corrected chi connectivity index (χ3v) is 4.42. The van der Waals surface area contributed by atoms with Crippen molar-refractivity contribution < 1.29 is 19.8 Å². The van der Waals surface area contributed by atoms with Gasteiger partial charge in [-0.25, -0.2) is 9.59 Å². The Morgan fingerprint density at radius 3 is 2.45 bits per heavy atom. The molecule has 2 aliphatic heterocycles. The molecule has 7 nitrogen and oxygen atoms in total. The Kier molecular flexibility index (Phi) is 4.82. The zero-order chi connectivity index (χ0) is 14.7. The number of fused-ring (bicyclic) bond motifs is 2. The monoisotopic (exact) mass is 285 g/mol. The van der Waals surface area contributed by atoms with Gasteiger partial charge in [0, 0.05) is 18.1 Å². The van der Waals surface area contributed by atoms with Crippen molar-refractivity contribution in [2.75, 3.05) is 13.6 Å². The number of aliphatic carboxylic acids is 1. The van der Waals surface area contributed by atoms with Crippen LogP contribution < -0.4 is 10.6 Å². The van der Waals surface area contributed by atoms with Gasteiger partial charge < -0.3 is 25.7 Å². The van der Waals surface area contributed by atoms with Crippen LogP contribution in [0.5, 0.6) is 0 Å². The average molecular weight is 285 g/mol. The lowest BCUT2D eigenvalue weighted by Crippen LogP contribution is -2.56. The third-order valence-electron chi connectivity index (χ3n) is 4.42. The Bertz CT molecular complexity index is 363. The van der Waals surface area contributed by atoms with Crippen molar-refractivity contribution in [2.24, 2.45) is 0 Å². The summed E-state index contributed by atoms with van der Waals surface area (Å²) in [6.45, 7) is -0.277. The van der Waals surface area contributed by atoms with Gasteiger partial charge >= 0.3 is 12.0 Å². The fourth-order valence-electron chi connectivity index (χ4n) is 3.25. The van der Waals surface area contributed by atoms with E-state index in [-0.39, 0.29) is 12.6 Å². The Labute approximate surface area is 118 Å². The predicted molar refractivity (Wildman–Crippen MR) is 72.4 cm³/mol. The molecule has 0 radical (unpaired) electrons. The summed E-state index contributed by atoms with van der Waals surface area (Å²) < 4.78 is 0. The van der Waals surface area contributed by atoms with E-state index < -0.39 is 18.1 Å². The van der Waals surface area contributed by atoms with Crippen LogP contribution in [0.2, 0.25) is 0 Å². The molecule has 3 atom stereocenters. The van der Waals surface area contributed by atoms with E-state index in [4.69, 9.17) is 10.2 Å². The highest BCUT2D eigenvalue weighted by atomic mass is 16.4. The molecular weight excluding hydrogens is 262 g/mol. The SMILES string of the molecule is CN1C2CCCC1CC(NC(=O)NC[C@H](O)C(=O)O)C2. The van der Waals surface area contributed by atoms with Crippen LogP contribution in [0.4, 0.5) is 4.79 Å². The minimum atomic E-state index is -1.56. The minimum Gasteiger partial charge on any atom is -0.479 e. The van der Waals surface area contributed by atoms with Crippen LogP contribution in [0.1, 0.15) is 32.1 Å². The second kappa shape index (κ2) is 6.41. The van der Waals surface area contributed by atoms with Crippen molar-refractivity contribution in [1.82, 2.24) is 15.5 Å². The van der Waals surface area contributed by atoms with Crippen LogP contribution in [0.25, 0.3) is 0 Å². The normalized spacial score (nSPS) is 31.4. The van der Waals surface area contributed by atoms with Crippen LogP contribution in [-0.4, -0.2) is 64.9 Å². The summed E-state index contributed by atoms with van der Waals surface area (Å²) in [5, 5.41) is 22.9. The Balaban J connectivity index is 1.76. The van der Waals surface area contributed by atoms with Crippen LogP contribution in [0.3, 0.4) is 0 Å². The standard InChI is InChI=1S/C13H23N3O4/c1-16-9-3-2-4-10(16)6-8(5-9)15-13(20)14-7-11(17)12(18)19/h8-11,17H,2-7H2,1H3,(H,18,19)(H2,14,15,20)/t8?,9?,10?,11-/m0/s1. The van der Waals surface area contributed by atoms with E-state index in [1.165, 1.54) is 19.3 Å². The first-order valence-electron chi connectivity index (χ1n) is 7.14. The zero-order valence-electron chi connectivity index (χ0n) is 11.7. The smallest absolute Gasteiger partial charge is 0.334 e. The van der Waals surface area contributed by atoms with Crippen molar-refractivity contribution in [3.63, 3.8) is 0 Å². The molecule has 0 spiro atoms. The van der Waals surface area contributed by atoms with E-state index in [2.05, 4.69) is 22.6 Å². The molecule has 0 aromatic heterocycles. The zero-order valence-corrected chi connectivity index (χ0v) is 11.7. The maximum atomic E-state index is 11.7. The molecule has 0 aromatic carbocycles. The fourth-order valence-corrected chi connectivity index (χ4v) is 3.25. The number of rotatable bonds is 4. The van der Waals surface area contributed by atoms with Gasteiger partial charge in [-0.2, -0.15) is 0 Å². The molecule has 114 valence electrons. The molecule has 2 amide bonds. The number of urea groups is 1. The molecule has 2 bridgehead atoms. The van der Waals surface area contributed by atoms with Crippen LogP contribution in [0, 0.1) is 0 Å². The second-order valence-corrected chi connectivity index (χ2v) is 5.78. The van der Waals surface area contributed by atoms with E-state index in [9.17, 15) is 9.59 Å². The van der Waals surface area contributed by atoms with E-state index >= 15 is 0 Å². The summed E-state index contributed by atoms with van der Waals surface area (Å²) in [6, 6.07) is 0.774.